The van der Waals surface area contributed by atoms with E-state index in [0.29, 0.717) is 5.82 Å². The summed E-state index contributed by atoms with van der Waals surface area (Å²) in [5, 5.41) is 3.02. The number of hydrogen-bond acceptors (Lipinski definition) is 4. The molecule has 5 heteroatoms. The molecule has 0 saturated heterocycles. The largest absolute Gasteiger partial charge is 0.372 e. The van der Waals surface area contributed by atoms with Crippen molar-refractivity contribution in [3.05, 3.63) is 34.2 Å². The fourth-order valence-corrected chi connectivity index (χ4v) is 2.03. The minimum Gasteiger partial charge on any atom is -0.372 e. The number of anilines is 1. The molecular formula is C12H13BrN4. The maximum Gasteiger partial charge on any atom is 0.161 e. The Labute approximate surface area is 109 Å². The number of rotatable bonds is 2. The predicted octanol–water partition coefficient (Wildman–Crippen LogP) is 2.96. The van der Waals surface area contributed by atoms with Crippen LogP contribution >= 0.6 is 15.9 Å². The first-order chi connectivity index (χ1) is 8.10. The molecule has 2 aromatic rings. The number of nitrogens with zero attached hydrogens (tertiary/aromatic N) is 3. The minimum atomic E-state index is 0.700. The van der Waals surface area contributed by atoms with Crippen LogP contribution in [0.2, 0.25) is 0 Å². The Bertz CT molecular complexity index is 534. The highest BCUT2D eigenvalue weighted by atomic mass is 79.9. The van der Waals surface area contributed by atoms with Gasteiger partial charge in [-0.05, 0) is 41.9 Å². The molecule has 0 atom stereocenters. The molecule has 2 rings (SSSR count). The Morgan fingerprint density at radius 2 is 1.76 bits per heavy atom. The second-order valence-electron chi connectivity index (χ2n) is 3.78. The lowest BCUT2D eigenvalue weighted by atomic mass is 10.2. The summed E-state index contributed by atoms with van der Waals surface area (Å²) in [5.41, 5.74) is 2.93. The van der Waals surface area contributed by atoms with Gasteiger partial charge in [0.1, 0.15) is 5.82 Å². The number of hydrogen-bond donors (Lipinski definition) is 1. The van der Waals surface area contributed by atoms with Crippen LogP contribution in [0.1, 0.15) is 11.4 Å². The number of aromatic nitrogens is 3. The van der Waals surface area contributed by atoms with Gasteiger partial charge in [-0.25, -0.2) is 9.97 Å². The van der Waals surface area contributed by atoms with E-state index in [0.717, 1.165) is 27.2 Å². The second kappa shape index (κ2) is 4.79. The van der Waals surface area contributed by atoms with E-state index in [1.54, 1.807) is 6.20 Å². The minimum absolute atomic E-state index is 0.700. The van der Waals surface area contributed by atoms with Gasteiger partial charge in [0.2, 0.25) is 0 Å². The fourth-order valence-electron chi connectivity index (χ4n) is 1.65. The molecule has 0 fully saturated rings. The normalized spacial score (nSPS) is 10.4. The quantitative estimate of drug-likeness (QED) is 0.925. The summed E-state index contributed by atoms with van der Waals surface area (Å²) in [5.74, 6) is 1.48. The lowest BCUT2D eigenvalue weighted by Gasteiger charge is -2.06. The summed E-state index contributed by atoms with van der Waals surface area (Å²) < 4.78 is 0.853. The summed E-state index contributed by atoms with van der Waals surface area (Å²) >= 11 is 3.39. The van der Waals surface area contributed by atoms with Gasteiger partial charge in [-0.2, -0.15) is 0 Å². The van der Waals surface area contributed by atoms with Crippen molar-refractivity contribution in [1.29, 1.82) is 0 Å². The summed E-state index contributed by atoms with van der Waals surface area (Å²) in [6.07, 6.45) is 1.75. The van der Waals surface area contributed by atoms with Crippen LogP contribution in [0.25, 0.3) is 11.4 Å². The molecule has 0 saturated carbocycles. The monoisotopic (exact) mass is 292 g/mol. The first-order valence-electron chi connectivity index (χ1n) is 5.26. The third-order valence-corrected chi connectivity index (χ3v) is 2.90. The molecular weight excluding hydrogens is 280 g/mol. The maximum atomic E-state index is 4.45. The highest BCUT2D eigenvalue weighted by Gasteiger charge is 2.07. The second-order valence-corrected chi connectivity index (χ2v) is 4.63. The van der Waals surface area contributed by atoms with Crippen LogP contribution in [0.15, 0.2) is 22.8 Å². The van der Waals surface area contributed by atoms with Crippen LogP contribution in [0, 0.1) is 13.8 Å². The zero-order valence-corrected chi connectivity index (χ0v) is 11.5. The zero-order chi connectivity index (χ0) is 12.4. The molecule has 0 bridgehead atoms. The number of halogens is 1. The molecule has 0 unspecified atom stereocenters. The fraction of sp³-hybridized carbons (Fsp3) is 0.250. The van der Waals surface area contributed by atoms with Gasteiger partial charge in [0.25, 0.3) is 0 Å². The Balaban J connectivity index is 2.52. The molecule has 0 radical (unpaired) electrons. The van der Waals surface area contributed by atoms with Crippen molar-refractivity contribution >= 4 is 21.7 Å². The molecule has 2 aromatic heterocycles. The van der Waals surface area contributed by atoms with Gasteiger partial charge >= 0.3 is 0 Å². The Hall–Kier alpha value is -1.49. The molecule has 0 amide bonds. The Morgan fingerprint density at radius 3 is 2.35 bits per heavy atom. The summed E-state index contributed by atoms with van der Waals surface area (Å²) in [6, 6.07) is 3.96. The molecule has 0 aliphatic carbocycles. The zero-order valence-electron chi connectivity index (χ0n) is 9.95. The SMILES string of the molecule is CNc1nc(-c2cc(C)nc(C)c2)ncc1Br. The Morgan fingerprint density at radius 1 is 1.12 bits per heavy atom. The first-order valence-corrected chi connectivity index (χ1v) is 6.05. The van der Waals surface area contributed by atoms with E-state index >= 15 is 0 Å². The Kier molecular flexibility index (Phi) is 3.38. The summed E-state index contributed by atoms with van der Waals surface area (Å²) in [4.78, 5) is 13.1. The van der Waals surface area contributed by atoms with Crippen molar-refractivity contribution in [2.75, 3.05) is 12.4 Å². The van der Waals surface area contributed by atoms with Crippen molar-refractivity contribution in [2.24, 2.45) is 0 Å². The van der Waals surface area contributed by atoms with E-state index in [1.807, 2.05) is 33.0 Å². The van der Waals surface area contributed by atoms with Gasteiger partial charge in [0, 0.05) is 30.2 Å². The molecule has 0 aliphatic rings. The van der Waals surface area contributed by atoms with E-state index < -0.39 is 0 Å². The van der Waals surface area contributed by atoms with Crippen LogP contribution in [0.3, 0.4) is 0 Å². The summed E-state index contributed by atoms with van der Waals surface area (Å²) in [7, 11) is 1.83. The molecule has 0 aromatic carbocycles. The number of nitrogens with one attached hydrogen (secondary N) is 1. The van der Waals surface area contributed by atoms with Crippen molar-refractivity contribution < 1.29 is 0 Å². The van der Waals surface area contributed by atoms with Gasteiger partial charge in [0.15, 0.2) is 5.82 Å². The van der Waals surface area contributed by atoms with Crippen molar-refractivity contribution in [2.45, 2.75) is 13.8 Å². The van der Waals surface area contributed by atoms with Crippen LogP contribution < -0.4 is 5.32 Å². The lowest BCUT2D eigenvalue weighted by Crippen LogP contribution is -1.98. The average Bonchev–Trinajstić information content (AvgIpc) is 2.28. The van der Waals surface area contributed by atoms with Crippen LogP contribution in [0.5, 0.6) is 0 Å². The van der Waals surface area contributed by atoms with Crippen LogP contribution in [-0.4, -0.2) is 22.0 Å². The van der Waals surface area contributed by atoms with Gasteiger partial charge in [-0.15, -0.1) is 0 Å². The smallest absolute Gasteiger partial charge is 0.161 e. The summed E-state index contributed by atoms with van der Waals surface area (Å²) in [6.45, 7) is 3.93. The molecule has 17 heavy (non-hydrogen) atoms. The van der Waals surface area contributed by atoms with E-state index in [1.165, 1.54) is 0 Å². The predicted molar refractivity (Wildman–Crippen MR) is 72.0 cm³/mol. The van der Waals surface area contributed by atoms with Crippen molar-refractivity contribution in [3.8, 4) is 11.4 Å². The molecule has 88 valence electrons. The molecule has 1 N–H and O–H groups in total. The first kappa shape index (κ1) is 12.0. The average molecular weight is 293 g/mol. The maximum absolute atomic E-state index is 4.45. The van der Waals surface area contributed by atoms with Crippen LogP contribution in [-0.2, 0) is 0 Å². The molecule has 2 heterocycles. The standard InChI is InChI=1S/C12H13BrN4/c1-7-4-9(5-8(2)16-7)11-15-6-10(13)12(14-3)17-11/h4-6H,1-3H3,(H,14,15,17). The number of aryl methyl sites for hydroxylation is 2. The van der Waals surface area contributed by atoms with Crippen molar-refractivity contribution in [1.82, 2.24) is 15.0 Å². The van der Waals surface area contributed by atoms with Gasteiger partial charge in [0.05, 0.1) is 4.47 Å². The third-order valence-electron chi connectivity index (χ3n) is 2.32. The third kappa shape index (κ3) is 2.61. The van der Waals surface area contributed by atoms with Gasteiger partial charge in [-0.3, -0.25) is 4.98 Å². The van der Waals surface area contributed by atoms with Crippen LogP contribution in [0.4, 0.5) is 5.82 Å². The highest BCUT2D eigenvalue weighted by Crippen LogP contribution is 2.23. The van der Waals surface area contributed by atoms with Gasteiger partial charge in [-0.1, -0.05) is 0 Å². The molecule has 0 aliphatic heterocycles. The molecule has 4 nitrogen and oxygen atoms in total. The van der Waals surface area contributed by atoms with E-state index in [2.05, 4.69) is 36.2 Å². The van der Waals surface area contributed by atoms with E-state index in [9.17, 15) is 0 Å². The number of pyridine rings is 1. The van der Waals surface area contributed by atoms with Gasteiger partial charge < -0.3 is 5.32 Å². The molecule has 0 spiro atoms. The highest BCUT2D eigenvalue weighted by molar-refractivity contribution is 9.10. The van der Waals surface area contributed by atoms with E-state index in [4.69, 9.17) is 0 Å². The van der Waals surface area contributed by atoms with Crippen molar-refractivity contribution in [3.63, 3.8) is 0 Å². The lowest BCUT2D eigenvalue weighted by molar-refractivity contribution is 1.10. The topological polar surface area (TPSA) is 50.7 Å². The van der Waals surface area contributed by atoms with E-state index in [-0.39, 0.29) is 0 Å².